The molecule has 0 aliphatic carbocycles. The second-order valence-electron chi connectivity index (χ2n) is 5.06. The van der Waals surface area contributed by atoms with Gasteiger partial charge < -0.3 is 16.0 Å². The molecule has 3 rings (SSSR count). The van der Waals surface area contributed by atoms with Gasteiger partial charge in [0.25, 0.3) is 5.91 Å². The lowest BCUT2D eigenvalue weighted by Crippen LogP contribution is -2.18. The molecule has 3 N–H and O–H groups in total. The summed E-state index contributed by atoms with van der Waals surface area (Å²) in [6.45, 7) is 0. The highest BCUT2D eigenvalue weighted by Gasteiger charge is 2.15. The molecule has 1 amide bonds. The predicted molar refractivity (Wildman–Crippen MR) is 92.6 cm³/mol. The first kappa shape index (κ1) is 15.4. The highest BCUT2D eigenvalue weighted by Crippen LogP contribution is 2.23. The van der Waals surface area contributed by atoms with Crippen molar-refractivity contribution < 1.29 is 4.79 Å². The van der Waals surface area contributed by atoms with E-state index in [-0.39, 0.29) is 5.56 Å². The van der Waals surface area contributed by atoms with E-state index in [0.717, 1.165) is 11.4 Å². The molecule has 7 heteroatoms. The summed E-state index contributed by atoms with van der Waals surface area (Å²) in [4.78, 5) is 26.2. The zero-order valence-corrected chi connectivity index (χ0v) is 13.0. The Morgan fingerprint density at radius 1 is 1.12 bits per heavy atom. The molecule has 0 bridgehead atoms. The van der Waals surface area contributed by atoms with Crippen LogP contribution in [-0.4, -0.2) is 27.9 Å². The smallest absolute Gasteiger partial charge is 0.254 e. The minimum atomic E-state index is -0.594. The van der Waals surface area contributed by atoms with Gasteiger partial charge in [0, 0.05) is 25.1 Å². The molecule has 0 atom stereocenters. The summed E-state index contributed by atoms with van der Waals surface area (Å²) >= 11 is 0. The van der Waals surface area contributed by atoms with Gasteiger partial charge in [0.15, 0.2) is 0 Å². The van der Waals surface area contributed by atoms with E-state index in [2.05, 4.69) is 20.3 Å². The van der Waals surface area contributed by atoms with Gasteiger partial charge in [-0.15, -0.1) is 0 Å². The zero-order chi connectivity index (χ0) is 16.9. The van der Waals surface area contributed by atoms with Crippen molar-refractivity contribution in [2.45, 2.75) is 0 Å². The van der Waals surface area contributed by atoms with Crippen LogP contribution in [0.5, 0.6) is 0 Å². The molecule has 0 unspecified atom stereocenters. The van der Waals surface area contributed by atoms with Crippen LogP contribution in [0.3, 0.4) is 0 Å². The van der Waals surface area contributed by atoms with Gasteiger partial charge in [-0.1, -0.05) is 18.2 Å². The molecule has 1 aromatic carbocycles. The minimum Gasteiger partial charge on any atom is -0.365 e. The number of primary amides is 1. The van der Waals surface area contributed by atoms with E-state index in [1.807, 2.05) is 49.5 Å². The number of carbonyl (C=O) groups is 1. The third kappa shape index (κ3) is 3.30. The molecule has 2 aromatic heterocycles. The minimum absolute atomic E-state index is 0.224. The van der Waals surface area contributed by atoms with Crippen LogP contribution in [-0.2, 0) is 0 Å². The summed E-state index contributed by atoms with van der Waals surface area (Å²) in [7, 11) is 1.82. The maximum atomic E-state index is 11.6. The standard InChI is InChI=1S/C17H16N6O/c1-23(13-8-5-9-19-10-13)17-20-11-14(15(18)24)16(22-17)21-12-6-3-2-4-7-12/h2-11H,1H3,(H2,18,24)(H,20,21,22). The van der Waals surface area contributed by atoms with Gasteiger partial charge in [0.1, 0.15) is 11.4 Å². The van der Waals surface area contributed by atoms with E-state index < -0.39 is 5.91 Å². The number of nitrogens with two attached hydrogens (primary N) is 1. The first-order valence-corrected chi connectivity index (χ1v) is 7.28. The molecule has 0 fully saturated rings. The van der Waals surface area contributed by atoms with E-state index in [1.165, 1.54) is 6.20 Å². The second kappa shape index (κ2) is 6.74. The van der Waals surface area contributed by atoms with Gasteiger partial charge in [-0.3, -0.25) is 9.78 Å². The third-order valence-corrected chi connectivity index (χ3v) is 3.41. The molecule has 0 aliphatic rings. The fourth-order valence-corrected chi connectivity index (χ4v) is 2.14. The van der Waals surface area contributed by atoms with Gasteiger partial charge in [0.05, 0.1) is 11.9 Å². The molecule has 0 spiro atoms. The molecule has 3 aromatic rings. The second-order valence-corrected chi connectivity index (χ2v) is 5.06. The molecule has 120 valence electrons. The van der Waals surface area contributed by atoms with Crippen LogP contribution in [0.25, 0.3) is 0 Å². The SMILES string of the molecule is CN(c1cccnc1)c1ncc(C(N)=O)c(Nc2ccccc2)n1. The van der Waals surface area contributed by atoms with Crippen LogP contribution < -0.4 is 16.0 Å². The van der Waals surface area contributed by atoms with Crippen LogP contribution in [0.4, 0.5) is 23.1 Å². The van der Waals surface area contributed by atoms with E-state index in [1.54, 1.807) is 17.3 Å². The Balaban J connectivity index is 1.98. The maximum Gasteiger partial charge on any atom is 0.254 e. The Hall–Kier alpha value is -3.48. The number of rotatable bonds is 5. The summed E-state index contributed by atoms with van der Waals surface area (Å²) in [6, 6.07) is 13.1. The Kier molecular flexibility index (Phi) is 4.33. The highest BCUT2D eigenvalue weighted by molar-refractivity contribution is 5.98. The summed E-state index contributed by atoms with van der Waals surface area (Å²) < 4.78 is 0. The van der Waals surface area contributed by atoms with Gasteiger partial charge in [-0.25, -0.2) is 4.98 Å². The summed E-state index contributed by atoms with van der Waals surface area (Å²) in [5.74, 6) is 0.185. The van der Waals surface area contributed by atoms with Crippen molar-refractivity contribution in [3.8, 4) is 0 Å². The van der Waals surface area contributed by atoms with Gasteiger partial charge in [0.2, 0.25) is 5.95 Å². The molecule has 0 radical (unpaired) electrons. The van der Waals surface area contributed by atoms with Crippen molar-refractivity contribution in [3.05, 3.63) is 66.6 Å². The molecule has 0 saturated heterocycles. The molecule has 0 aliphatic heterocycles. The average Bonchev–Trinajstić information content (AvgIpc) is 2.62. The summed E-state index contributed by atoms with van der Waals surface area (Å²) in [6.07, 6.45) is 4.81. The number of hydrogen-bond donors (Lipinski definition) is 2. The number of pyridine rings is 1. The number of para-hydroxylation sites is 1. The fraction of sp³-hybridized carbons (Fsp3) is 0.0588. The number of amides is 1. The Morgan fingerprint density at radius 3 is 2.58 bits per heavy atom. The molecular formula is C17H16N6O. The Labute approximate surface area is 139 Å². The number of benzene rings is 1. The molecule has 2 heterocycles. The highest BCUT2D eigenvalue weighted by atomic mass is 16.1. The quantitative estimate of drug-likeness (QED) is 0.749. The average molecular weight is 320 g/mol. The van der Waals surface area contributed by atoms with Gasteiger partial charge in [-0.05, 0) is 24.3 Å². The number of nitrogens with zero attached hydrogens (tertiary/aromatic N) is 4. The molecule has 24 heavy (non-hydrogen) atoms. The van der Waals surface area contributed by atoms with Gasteiger partial charge >= 0.3 is 0 Å². The van der Waals surface area contributed by atoms with Crippen LogP contribution in [0.15, 0.2) is 61.1 Å². The van der Waals surface area contributed by atoms with E-state index in [9.17, 15) is 4.79 Å². The lowest BCUT2D eigenvalue weighted by Gasteiger charge is -2.18. The number of hydrogen-bond acceptors (Lipinski definition) is 6. The van der Waals surface area contributed by atoms with Crippen LogP contribution in [0, 0.1) is 0 Å². The molecule has 7 nitrogen and oxygen atoms in total. The third-order valence-electron chi connectivity index (χ3n) is 3.41. The van der Waals surface area contributed by atoms with Crippen LogP contribution >= 0.6 is 0 Å². The summed E-state index contributed by atoms with van der Waals surface area (Å²) in [5.41, 5.74) is 7.28. The number of carbonyl (C=O) groups excluding carboxylic acids is 1. The van der Waals surface area contributed by atoms with E-state index >= 15 is 0 Å². The zero-order valence-electron chi connectivity index (χ0n) is 13.0. The van der Waals surface area contributed by atoms with Crippen molar-refractivity contribution in [1.82, 2.24) is 15.0 Å². The van der Waals surface area contributed by atoms with E-state index in [0.29, 0.717) is 11.8 Å². The lowest BCUT2D eigenvalue weighted by atomic mass is 10.2. The molecular weight excluding hydrogens is 304 g/mol. The number of nitrogens with one attached hydrogen (secondary N) is 1. The van der Waals surface area contributed by atoms with Crippen molar-refractivity contribution >= 4 is 29.0 Å². The van der Waals surface area contributed by atoms with Gasteiger partial charge in [-0.2, -0.15) is 4.98 Å². The van der Waals surface area contributed by atoms with Crippen LogP contribution in [0.2, 0.25) is 0 Å². The van der Waals surface area contributed by atoms with Crippen LogP contribution in [0.1, 0.15) is 10.4 Å². The number of aromatic nitrogens is 3. The fourth-order valence-electron chi connectivity index (χ4n) is 2.14. The Morgan fingerprint density at radius 2 is 1.92 bits per heavy atom. The maximum absolute atomic E-state index is 11.6. The van der Waals surface area contributed by atoms with Crippen molar-refractivity contribution in [1.29, 1.82) is 0 Å². The van der Waals surface area contributed by atoms with E-state index in [4.69, 9.17) is 5.73 Å². The largest absolute Gasteiger partial charge is 0.365 e. The topological polar surface area (TPSA) is 97.0 Å². The first-order chi connectivity index (χ1) is 11.6. The van der Waals surface area contributed by atoms with Crippen molar-refractivity contribution in [3.63, 3.8) is 0 Å². The first-order valence-electron chi connectivity index (χ1n) is 7.28. The molecule has 0 saturated carbocycles. The normalized spacial score (nSPS) is 10.2. The monoisotopic (exact) mass is 320 g/mol. The lowest BCUT2D eigenvalue weighted by molar-refractivity contribution is 0.100. The number of anilines is 4. The van der Waals surface area contributed by atoms with Crippen molar-refractivity contribution in [2.75, 3.05) is 17.3 Å². The Bertz CT molecular complexity index is 838. The summed E-state index contributed by atoms with van der Waals surface area (Å²) in [5, 5.41) is 3.11. The predicted octanol–water partition coefficient (Wildman–Crippen LogP) is 2.48. The van der Waals surface area contributed by atoms with Crippen molar-refractivity contribution in [2.24, 2.45) is 5.73 Å².